The molecule has 1 heterocycles. The number of anilines is 1. The number of benzene rings is 1. The van der Waals surface area contributed by atoms with E-state index in [-0.39, 0.29) is 5.95 Å². The molecule has 0 radical (unpaired) electrons. The lowest BCUT2D eigenvalue weighted by molar-refractivity contribution is 0.512. The number of hydrogen-bond acceptors (Lipinski definition) is 2. The first kappa shape index (κ1) is 7.09. The predicted molar refractivity (Wildman–Crippen MR) is 45.1 cm³/mol. The predicted octanol–water partition coefficient (Wildman–Crippen LogP) is 1.29. The zero-order valence-electron chi connectivity index (χ0n) is 6.58. The molecule has 0 bridgehead atoms. The first-order valence-corrected chi connectivity index (χ1v) is 3.57. The maximum absolute atomic E-state index is 13.2. The number of nitrogens with zero attached hydrogens (tertiary/aromatic N) is 2. The van der Waals surface area contributed by atoms with Crippen LogP contribution < -0.4 is 5.73 Å². The summed E-state index contributed by atoms with van der Waals surface area (Å²) < 4.78 is 14.4. The van der Waals surface area contributed by atoms with Crippen LogP contribution in [0.25, 0.3) is 10.9 Å². The van der Waals surface area contributed by atoms with E-state index in [0.29, 0.717) is 16.6 Å². The molecule has 0 unspecified atom stereocenters. The fraction of sp³-hybridized carbons (Fsp3) is 0.125. The van der Waals surface area contributed by atoms with Crippen molar-refractivity contribution in [3.63, 3.8) is 0 Å². The Hall–Kier alpha value is -1.58. The van der Waals surface area contributed by atoms with E-state index < -0.39 is 0 Å². The van der Waals surface area contributed by atoms with Crippen LogP contribution in [0.3, 0.4) is 0 Å². The molecule has 2 N–H and O–H groups in total. The average molecular weight is 165 g/mol. The molecule has 0 saturated heterocycles. The van der Waals surface area contributed by atoms with E-state index in [1.54, 1.807) is 25.2 Å². The summed E-state index contributed by atoms with van der Waals surface area (Å²) in [5.74, 6) is -0.386. The number of hydrogen-bond donors (Lipinski definition) is 1. The maximum Gasteiger partial charge on any atom is 0.221 e. The van der Waals surface area contributed by atoms with Gasteiger partial charge < -0.3 is 5.73 Å². The monoisotopic (exact) mass is 165 g/mol. The molecule has 0 aliphatic rings. The number of rotatable bonds is 0. The number of halogens is 1. The highest BCUT2D eigenvalue weighted by Gasteiger charge is 2.09. The molecular weight excluding hydrogens is 157 g/mol. The molecule has 0 amide bonds. The molecule has 0 aliphatic heterocycles. The van der Waals surface area contributed by atoms with Crippen molar-refractivity contribution in [3.05, 3.63) is 24.1 Å². The molecule has 0 fully saturated rings. The van der Waals surface area contributed by atoms with Crippen LogP contribution in [0, 0.1) is 5.95 Å². The largest absolute Gasteiger partial charge is 0.398 e. The highest BCUT2D eigenvalue weighted by atomic mass is 19.1. The SMILES string of the molecule is Cn1nc2cccc(N)c2c1F. The van der Waals surface area contributed by atoms with E-state index in [1.165, 1.54) is 4.68 Å². The Bertz CT molecular complexity index is 433. The topological polar surface area (TPSA) is 43.8 Å². The second-order valence-corrected chi connectivity index (χ2v) is 2.66. The van der Waals surface area contributed by atoms with Crippen LogP contribution in [-0.2, 0) is 7.05 Å². The summed E-state index contributed by atoms with van der Waals surface area (Å²) in [4.78, 5) is 0. The van der Waals surface area contributed by atoms with Gasteiger partial charge in [0.05, 0.1) is 10.9 Å². The molecule has 1 aromatic heterocycles. The third kappa shape index (κ3) is 0.777. The number of aryl methyl sites for hydroxylation is 1. The lowest BCUT2D eigenvalue weighted by Crippen LogP contribution is -1.93. The van der Waals surface area contributed by atoms with Crippen molar-refractivity contribution >= 4 is 16.6 Å². The molecule has 2 aromatic rings. The molecule has 1 aromatic carbocycles. The lowest BCUT2D eigenvalue weighted by Gasteiger charge is -1.92. The van der Waals surface area contributed by atoms with E-state index in [9.17, 15) is 4.39 Å². The van der Waals surface area contributed by atoms with E-state index >= 15 is 0 Å². The van der Waals surface area contributed by atoms with Gasteiger partial charge in [0.15, 0.2) is 0 Å². The van der Waals surface area contributed by atoms with Crippen molar-refractivity contribution in [2.24, 2.45) is 7.05 Å². The Morgan fingerprint density at radius 2 is 2.25 bits per heavy atom. The number of nitrogen functional groups attached to an aromatic ring is 1. The van der Waals surface area contributed by atoms with E-state index in [0.717, 1.165) is 0 Å². The smallest absolute Gasteiger partial charge is 0.221 e. The highest BCUT2D eigenvalue weighted by Crippen LogP contribution is 2.22. The van der Waals surface area contributed by atoms with Crippen LogP contribution in [0.1, 0.15) is 0 Å². The summed E-state index contributed by atoms with van der Waals surface area (Å²) in [5.41, 5.74) is 6.60. The van der Waals surface area contributed by atoms with Gasteiger partial charge in [-0.1, -0.05) is 6.07 Å². The van der Waals surface area contributed by atoms with Gasteiger partial charge in [0.1, 0.15) is 0 Å². The van der Waals surface area contributed by atoms with Crippen LogP contribution in [0.2, 0.25) is 0 Å². The molecule has 2 rings (SSSR count). The molecule has 0 aliphatic carbocycles. The van der Waals surface area contributed by atoms with E-state index in [4.69, 9.17) is 5.73 Å². The van der Waals surface area contributed by atoms with Gasteiger partial charge >= 0.3 is 0 Å². The Morgan fingerprint density at radius 3 is 2.92 bits per heavy atom. The van der Waals surface area contributed by atoms with Crippen LogP contribution in [0.15, 0.2) is 18.2 Å². The van der Waals surface area contributed by atoms with Gasteiger partial charge in [-0.3, -0.25) is 0 Å². The van der Waals surface area contributed by atoms with Crippen molar-refractivity contribution in [3.8, 4) is 0 Å². The van der Waals surface area contributed by atoms with Gasteiger partial charge in [-0.05, 0) is 12.1 Å². The first-order valence-electron chi connectivity index (χ1n) is 3.57. The zero-order valence-corrected chi connectivity index (χ0v) is 6.58. The molecular formula is C8H8FN3. The second-order valence-electron chi connectivity index (χ2n) is 2.66. The summed E-state index contributed by atoms with van der Waals surface area (Å²) in [7, 11) is 1.55. The van der Waals surface area contributed by atoms with Crippen molar-refractivity contribution in [2.75, 3.05) is 5.73 Å². The highest BCUT2D eigenvalue weighted by molar-refractivity contribution is 5.90. The maximum atomic E-state index is 13.2. The summed E-state index contributed by atoms with van der Waals surface area (Å²) in [6.45, 7) is 0. The number of nitrogens with two attached hydrogens (primary N) is 1. The van der Waals surface area contributed by atoms with Crippen LogP contribution in [0.4, 0.5) is 10.1 Å². The van der Waals surface area contributed by atoms with Crippen molar-refractivity contribution in [2.45, 2.75) is 0 Å². The van der Waals surface area contributed by atoms with Crippen LogP contribution >= 0.6 is 0 Å². The summed E-state index contributed by atoms with van der Waals surface area (Å²) in [6, 6.07) is 5.14. The summed E-state index contributed by atoms with van der Waals surface area (Å²) in [5, 5.41) is 4.34. The van der Waals surface area contributed by atoms with E-state index in [1.807, 2.05) is 0 Å². The van der Waals surface area contributed by atoms with Gasteiger partial charge in [0, 0.05) is 12.7 Å². The first-order chi connectivity index (χ1) is 5.70. The Balaban J connectivity index is 2.97. The fourth-order valence-electron chi connectivity index (χ4n) is 1.23. The van der Waals surface area contributed by atoms with Gasteiger partial charge in [0.25, 0.3) is 0 Å². The number of fused-ring (bicyclic) bond motifs is 1. The lowest BCUT2D eigenvalue weighted by atomic mass is 10.2. The fourth-order valence-corrected chi connectivity index (χ4v) is 1.23. The van der Waals surface area contributed by atoms with Crippen molar-refractivity contribution in [1.29, 1.82) is 0 Å². The van der Waals surface area contributed by atoms with Crippen LogP contribution in [0.5, 0.6) is 0 Å². The molecule has 3 nitrogen and oxygen atoms in total. The molecule has 62 valence electrons. The molecule has 4 heteroatoms. The Labute approximate surface area is 68.6 Å². The van der Waals surface area contributed by atoms with Gasteiger partial charge in [-0.25, -0.2) is 4.68 Å². The Morgan fingerprint density at radius 1 is 1.50 bits per heavy atom. The van der Waals surface area contributed by atoms with Gasteiger partial charge in [0.2, 0.25) is 5.95 Å². The quantitative estimate of drug-likeness (QED) is 0.598. The van der Waals surface area contributed by atoms with Gasteiger partial charge in [-0.15, -0.1) is 0 Å². The standard InChI is InChI=1S/C8H8FN3/c1-12-8(9)7-5(10)3-2-4-6(7)11-12/h2-4H,10H2,1H3. The zero-order chi connectivity index (χ0) is 8.72. The minimum absolute atomic E-state index is 0.386. The second kappa shape index (κ2) is 2.20. The third-order valence-corrected chi connectivity index (χ3v) is 1.82. The third-order valence-electron chi connectivity index (χ3n) is 1.82. The Kier molecular flexibility index (Phi) is 1.30. The van der Waals surface area contributed by atoms with Crippen molar-refractivity contribution < 1.29 is 4.39 Å². The summed E-state index contributed by atoms with van der Waals surface area (Å²) in [6.07, 6.45) is 0. The average Bonchev–Trinajstić information content (AvgIpc) is 2.29. The van der Waals surface area contributed by atoms with Crippen molar-refractivity contribution in [1.82, 2.24) is 9.78 Å². The van der Waals surface area contributed by atoms with Crippen LogP contribution in [-0.4, -0.2) is 9.78 Å². The van der Waals surface area contributed by atoms with Gasteiger partial charge in [-0.2, -0.15) is 9.49 Å². The molecule has 0 atom stereocenters. The molecule has 0 saturated carbocycles. The summed E-state index contributed by atoms with van der Waals surface area (Å²) >= 11 is 0. The number of aromatic nitrogens is 2. The molecule has 0 spiro atoms. The minimum atomic E-state index is -0.386. The van der Waals surface area contributed by atoms with E-state index in [2.05, 4.69) is 5.10 Å². The minimum Gasteiger partial charge on any atom is -0.398 e. The normalized spacial score (nSPS) is 10.8. The molecule has 12 heavy (non-hydrogen) atoms.